The number of hydrogen-bond donors (Lipinski definition) is 3. The molecule has 0 aliphatic heterocycles. The van der Waals surface area contributed by atoms with Gasteiger partial charge in [0.1, 0.15) is 5.69 Å². The van der Waals surface area contributed by atoms with Crippen LogP contribution in [0.5, 0.6) is 0 Å². The van der Waals surface area contributed by atoms with Crippen molar-refractivity contribution >= 4 is 17.3 Å². The standard InChI is InChI=1S/C11H14N2O5/c1-7(4-5-14)12-9-6-8(11(15)16)2-3-10(9)13(17)18/h2-3,6-7,12,14H,4-5H2,1H3,(H,15,16). The Bertz CT molecular complexity index is 461. The van der Waals surface area contributed by atoms with Gasteiger partial charge in [-0.05, 0) is 25.5 Å². The largest absolute Gasteiger partial charge is 0.478 e. The van der Waals surface area contributed by atoms with Gasteiger partial charge in [0.2, 0.25) is 0 Å². The van der Waals surface area contributed by atoms with Crippen LogP contribution >= 0.6 is 0 Å². The number of aliphatic hydroxyl groups excluding tert-OH is 1. The Labute approximate surface area is 103 Å². The zero-order valence-electron chi connectivity index (χ0n) is 9.79. The predicted octanol–water partition coefficient (Wildman–Crippen LogP) is 1.48. The Kier molecular flexibility index (Phi) is 4.61. The van der Waals surface area contributed by atoms with Gasteiger partial charge < -0.3 is 15.5 Å². The maximum Gasteiger partial charge on any atom is 0.335 e. The Balaban J connectivity index is 3.07. The van der Waals surface area contributed by atoms with Gasteiger partial charge in [0.15, 0.2) is 0 Å². The lowest BCUT2D eigenvalue weighted by atomic mass is 10.1. The molecule has 1 rings (SSSR count). The van der Waals surface area contributed by atoms with Crippen molar-refractivity contribution in [1.82, 2.24) is 0 Å². The minimum absolute atomic E-state index is 0.0284. The third-order valence-electron chi connectivity index (χ3n) is 2.40. The number of anilines is 1. The van der Waals surface area contributed by atoms with Crippen LogP contribution in [0.4, 0.5) is 11.4 Å². The molecule has 0 fully saturated rings. The van der Waals surface area contributed by atoms with Gasteiger partial charge in [-0.25, -0.2) is 4.79 Å². The van der Waals surface area contributed by atoms with E-state index in [1.54, 1.807) is 6.92 Å². The number of aliphatic hydroxyl groups is 1. The number of carboxylic acids is 1. The third-order valence-corrected chi connectivity index (χ3v) is 2.40. The van der Waals surface area contributed by atoms with E-state index in [9.17, 15) is 14.9 Å². The first-order chi connectivity index (χ1) is 8.45. The molecular weight excluding hydrogens is 240 g/mol. The Morgan fingerprint density at radius 1 is 1.56 bits per heavy atom. The maximum absolute atomic E-state index is 10.8. The van der Waals surface area contributed by atoms with E-state index in [-0.39, 0.29) is 29.6 Å². The van der Waals surface area contributed by atoms with E-state index in [0.717, 1.165) is 6.07 Å². The van der Waals surface area contributed by atoms with Gasteiger partial charge in [0.25, 0.3) is 5.69 Å². The van der Waals surface area contributed by atoms with E-state index >= 15 is 0 Å². The Hall–Kier alpha value is -2.15. The zero-order valence-corrected chi connectivity index (χ0v) is 9.79. The molecule has 7 nitrogen and oxygen atoms in total. The maximum atomic E-state index is 10.8. The van der Waals surface area contributed by atoms with Crippen molar-refractivity contribution in [1.29, 1.82) is 0 Å². The smallest absolute Gasteiger partial charge is 0.335 e. The second-order valence-electron chi connectivity index (χ2n) is 3.85. The molecule has 98 valence electrons. The molecule has 0 spiro atoms. The van der Waals surface area contributed by atoms with Gasteiger partial charge >= 0.3 is 5.97 Å². The van der Waals surface area contributed by atoms with E-state index in [4.69, 9.17) is 10.2 Å². The van der Waals surface area contributed by atoms with Crippen LogP contribution in [-0.2, 0) is 0 Å². The fraction of sp³-hybridized carbons (Fsp3) is 0.364. The quantitative estimate of drug-likeness (QED) is 0.523. The summed E-state index contributed by atoms with van der Waals surface area (Å²) in [6.07, 6.45) is 0.411. The lowest BCUT2D eigenvalue weighted by Gasteiger charge is -2.14. The van der Waals surface area contributed by atoms with Crippen molar-refractivity contribution in [2.75, 3.05) is 11.9 Å². The summed E-state index contributed by atoms with van der Waals surface area (Å²) in [5.41, 5.74) is -0.0788. The number of nitrogens with zero attached hydrogens (tertiary/aromatic N) is 1. The summed E-state index contributed by atoms with van der Waals surface area (Å²) >= 11 is 0. The first kappa shape index (κ1) is 13.9. The molecule has 0 bridgehead atoms. The van der Waals surface area contributed by atoms with Crippen LogP contribution in [0.2, 0.25) is 0 Å². The second kappa shape index (κ2) is 5.97. The lowest BCUT2D eigenvalue weighted by Crippen LogP contribution is -2.17. The number of nitrogens with one attached hydrogen (secondary N) is 1. The first-order valence-electron chi connectivity index (χ1n) is 5.35. The average Bonchev–Trinajstić information content (AvgIpc) is 2.28. The number of nitro benzene ring substituents is 1. The number of benzene rings is 1. The number of aromatic carboxylic acids is 1. The van der Waals surface area contributed by atoms with E-state index in [2.05, 4.69) is 5.32 Å². The molecule has 1 aromatic carbocycles. The summed E-state index contributed by atoms with van der Waals surface area (Å²) in [6, 6.07) is 3.35. The van der Waals surface area contributed by atoms with Crippen LogP contribution in [0, 0.1) is 10.1 Å². The monoisotopic (exact) mass is 254 g/mol. The highest BCUT2D eigenvalue weighted by atomic mass is 16.6. The molecule has 0 saturated heterocycles. The van der Waals surface area contributed by atoms with Crippen LogP contribution in [0.15, 0.2) is 18.2 Å². The van der Waals surface area contributed by atoms with Crippen LogP contribution in [-0.4, -0.2) is 33.8 Å². The Morgan fingerprint density at radius 2 is 2.22 bits per heavy atom. The number of carboxylic acid groups (broad SMARTS) is 1. The van der Waals surface area contributed by atoms with Crippen LogP contribution in [0.3, 0.4) is 0 Å². The molecular formula is C11H14N2O5. The number of hydrogen-bond acceptors (Lipinski definition) is 5. The molecule has 1 aromatic rings. The fourth-order valence-electron chi connectivity index (χ4n) is 1.48. The highest BCUT2D eigenvalue weighted by Gasteiger charge is 2.17. The molecule has 0 aromatic heterocycles. The molecule has 18 heavy (non-hydrogen) atoms. The Morgan fingerprint density at radius 3 is 2.72 bits per heavy atom. The molecule has 0 saturated carbocycles. The van der Waals surface area contributed by atoms with Crippen molar-refractivity contribution in [3.05, 3.63) is 33.9 Å². The van der Waals surface area contributed by atoms with Crippen molar-refractivity contribution in [3.8, 4) is 0 Å². The first-order valence-corrected chi connectivity index (χ1v) is 5.35. The zero-order chi connectivity index (χ0) is 13.7. The minimum atomic E-state index is -1.15. The number of rotatable bonds is 6. The molecule has 1 unspecified atom stereocenters. The SMILES string of the molecule is CC(CCO)Nc1cc(C(=O)O)ccc1[N+](=O)[O-]. The molecule has 0 amide bonds. The topological polar surface area (TPSA) is 113 Å². The predicted molar refractivity (Wildman–Crippen MR) is 64.8 cm³/mol. The van der Waals surface area contributed by atoms with Gasteiger partial charge in [-0.3, -0.25) is 10.1 Å². The summed E-state index contributed by atoms with van der Waals surface area (Å²) < 4.78 is 0. The highest BCUT2D eigenvalue weighted by Crippen LogP contribution is 2.26. The van der Waals surface area contributed by atoms with E-state index in [0.29, 0.717) is 6.42 Å². The molecule has 0 aliphatic carbocycles. The summed E-state index contributed by atoms with van der Waals surface area (Å²) in [4.78, 5) is 21.0. The van der Waals surface area contributed by atoms with Crippen molar-refractivity contribution in [2.45, 2.75) is 19.4 Å². The molecule has 3 N–H and O–H groups in total. The van der Waals surface area contributed by atoms with E-state index in [1.165, 1.54) is 12.1 Å². The molecule has 1 atom stereocenters. The van der Waals surface area contributed by atoms with Gasteiger partial charge in [-0.1, -0.05) is 0 Å². The van der Waals surface area contributed by atoms with Crippen molar-refractivity contribution in [2.24, 2.45) is 0 Å². The number of nitro groups is 1. The van der Waals surface area contributed by atoms with Gasteiger partial charge in [-0.2, -0.15) is 0 Å². The van der Waals surface area contributed by atoms with E-state index < -0.39 is 10.9 Å². The lowest BCUT2D eigenvalue weighted by molar-refractivity contribution is -0.384. The van der Waals surface area contributed by atoms with Gasteiger partial charge in [0.05, 0.1) is 10.5 Å². The molecule has 0 aliphatic rings. The highest BCUT2D eigenvalue weighted by molar-refractivity contribution is 5.90. The fourth-order valence-corrected chi connectivity index (χ4v) is 1.48. The van der Waals surface area contributed by atoms with Crippen LogP contribution in [0.1, 0.15) is 23.7 Å². The summed E-state index contributed by atoms with van der Waals surface area (Å²) in [5, 5.41) is 31.2. The van der Waals surface area contributed by atoms with Crippen LogP contribution < -0.4 is 5.32 Å². The van der Waals surface area contributed by atoms with Crippen molar-refractivity contribution < 1.29 is 19.9 Å². The van der Waals surface area contributed by atoms with Crippen molar-refractivity contribution in [3.63, 3.8) is 0 Å². The van der Waals surface area contributed by atoms with Gasteiger partial charge in [-0.15, -0.1) is 0 Å². The summed E-state index contributed by atoms with van der Waals surface area (Å²) in [6.45, 7) is 1.69. The molecule has 7 heteroatoms. The number of carbonyl (C=O) groups is 1. The molecule has 0 radical (unpaired) electrons. The van der Waals surface area contributed by atoms with E-state index in [1.807, 2.05) is 0 Å². The second-order valence-corrected chi connectivity index (χ2v) is 3.85. The summed E-state index contributed by atoms with van der Waals surface area (Å²) in [7, 11) is 0. The normalized spacial score (nSPS) is 11.9. The average molecular weight is 254 g/mol. The minimum Gasteiger partial charge on any atom is -0.478 e. The summed E-state index contributed by atoms with van der Waals surface area (Å²) in [5.74, 6) is -1.15. The molecule has 0 heterocycles. The van der Waals surface area contributed by atoms with Crippen LogP contribution in [0.25, 0.3) is 0 Å². The van der Waals surface area contributed by atoms with Gasteiger partial charge in [0, 0.05) is 18.7 Å². The third kappa shape index (κ3) is 3.42.